The predicted molar refractivity (Wildman–Crippen MR) is 114 cm³/mol. The molecule has 0 radical (unpaired) electrons. The molecule has 0 saturated carbocycles. The highest BCUT2D eigenvalue weighted by Gasteiger charge is 2.18. The summed E-state index contributed by atoms with van der Waals surface area (Å²) in [5.41, 5.74) is 3.85. The van der Waals surface area contributed by atoms with Gasteiger partial charge in [0, 0.05) is 29.2 Å². The smallest absolute Gasteiger partial charge is 0.350 e. The molecule has 0 N–H and O–H groups in total. The van der Waals surface area contributed by atoms with Crippen LogP contribution in [0.4, 0.5) is 4.39 Å². The van der Waals surface area contributed by atoms with Gasteiger partial charge in [-0.15, -0.1) is 11.3 Å². The molecule has 0 spiro atoms. The number of fused-ring (bicyclic) bond motifs is 1. The third kappa shape index (κ3) is 3.70. The number of aromatic nitrogens is 2. The van der Waals surface area contributed by atoms with E-state index in [0.717, 1.165) is 22.0 Å². The Balaban J connectivity index is 1.73. The number of hydrogen-bond donors (Lipinski definition) is 0. The van der Waals surface area contributed by atoms with Crippen LogP contribution in [0.3, 0.4) is 0 Å². The van der Waals surface area contributed by atoms with E-state index in [1.165, 1.54) is 23.5 Å². The molecule has 0 saturated heterocycles. The lowest BCUT2D eigenvalue weighted by Gasteiger charge is -2.06. The van der Waals surface area contributed by atoms with Gasteiger partial charge in [-0.05, 0) is 49.7 Å². The fraction of sp³-hybridized carbons (Fsp3) is 0.174. The molecule has 0 aliphatic carbocycles. The minimum Gasteiger partial charge on any atom is -0.462 e. The molecule has 150 valence electrons. The fourth-order valence-electron chi connectivity index (χ4n) is 3.34. The summed E-state index contributed by atoms with van der Waals surface area (Å²) >= 11 is 1.28. The quantitative estimate of drug-likeness (QED) is 0.411. The molecule has 2 aromatic heterocycles. The second-order valence-corrected chi connectivity index (χ2v) is 7.79. The Bertz CT molecular complexity index is 1280. The molecular formula is C23H18FN3O2S. The molecule has 0 bridgehead atoms. The third-order valence-electron chi connectivity index (χ3n) is 4.77. The van der Waals surface area contributed by atoms with E-state index in [1.807, 2.05) is 22.8 Å². The van der Waals surface area contributed by atoms with Gasteiger partial charge in [0.2, 0.25) is 0 Å². The Morgan fingerprint density at radius 3 is 2.73 bits per heavy atom. The summed E-state index contributed by atoms with van der Waals surface area (Å²) in [6.07, 6.45) is 1.80. The summed E-state index contributed by atoms with van der Waals surface area (Å²) in [5, 5.41) is 11.1. The predicted octanol–water partition coefficient (Wildman–Crippen LogP) is 5.31. The molecule has 4 aromatic rings. The van der Waals surface area contributed by atoms with E-state index in [4.69, 9.17) is 4.74 Å². The average molecular weight is 419 g/mol. The zero-order chi connectivity index (χ0) is 21.3. The number of nitrogens with zero attached hydrogens (tertiary/aromatic N) is 3. The monoisotopic (exact) mass is 419 g/mol. The van der Waals surface area contributed by atoms with Crippen molar-refractivity contribution >= 4 is 28.2 Å². The van der Waals surface area contributed by atoms with Gasteiger partial charge in [0.05, 0.1) is 17.9 Å². The zero-order valence-corrected chi connectivity index (χ0v) is 17.3. The molecule has 0 amide bonds. The van der Waals surface area contributed by atoms with E-state index >= 15 is 0 Å². The first-order chi connectivity index (χ1) is 14.5. The standard InChI is InChI=1S/C23H18FN3O2S/c1-3-29-23(28)21-14(2)26-22(30-21)16-6-9-20-19(10-16)17(11-25)13-27(20)12-15-4-7-18(24)8-5-15/h4-10,13H,3,12H2,1-2H3. The number of benzene rings is 2. The molecule has 4 rings (SSSR count). The first-order valence-electron chi connectivity index (χ1n) is 9.42. The largest absolute Gasteiger partial charge is 0.462 e. The van der Waals surface area contributed by atoms with Gasteiger partial charge in [0.15, 0.2) is 0 Å². The molecule has 0 unspecified atom stereocenters. The number of rotatable bonds is 5. The van der Waals surface area contributed by atoms with E-state index in [1.54, 1.807) is 32.2 Å². The van der Waals surface area contributed by atoms with Gasteiger partial charge in [-0.25, -0.2) is 14.2 Å². The van der Waals surface area contributed by atoms with Crippen molar-refractivity contribution in [3.63, 3.8) is 0 Å². The third-order valence-corrected chi connectivity index (χ3v) is 5.96. The maximum Gasteiger partial charge on any atom is 0.350 e. The van der Waals surface area contributed by atoms with Crippen LogP contribution in [-0.2, 0) is 11.3 Å². The molecule has 0 fully saturated rings. The van der Waals surface area contributed by atoms with Gasteiger partial charge >= 0.3 is 5.97 Å². The Morgan fingerprint density at radius 2 is 2.03 bits per heavy atom. The number of hydrogen-bond acceptors (Lipinski definition) is 5. The first-order valence-corrected chi connectivity index (χ1v) is 10.2. The van der Waals surface area contributed by atoms with Crippen molar-refractivity contribution in [1.29, 1.82) is 5.26 Å². The minimum absolute atomic E-state index is 0.278. The molecule has 0 aliphatic heterocycles. The average Bonchev–Trinajstić information content (AvgIpc) is 3.30. The second kappa shape index (κ2) is 8.09. The number of halogens is 1. The van der Waals surface area contributed by atoms with Crippen molar-refractivity contribution in [3.8, 4) is 16.6 Å². The van der Waals surface area contributed by atoms with Crippen LogP contribution in [0, 0.1) is 24.1 Å². The van der Waals surface area contributed by atoms with Crippen molar-refractivity contribution in [2.75, 3.05) is 6.61 Å². The van der Waals surface area contributed by atoms with E-state index in [9.17, 15) is 14.4 Å². The normalized spacial score (nSPS) is 10.9. The van der Waals surface area contributed by atoms with Crippen LogP contribution < -0.4 is 0 Å². The van der Waals surface area contributed by atoms with Crippen LogP contribution in [0.15, 0.2) is 48.7 Å². The Kier molecular flexibility index (Phi) is 5.34. The number of aryl methyl sites for hydroxylation is 1. The zero-order valence-electron chi connectivity index (χ0n) is 16.5. The summed E-state index contributed by atoms with van der Waals surface area (Å²) in [6, 6.07) is 14.4. The van der Waals surface area contributed by atoms with Crippen LogP contribution in [0.2, 0.25) is 0 Å². The van der Waals surface area contributed by atoms with Crippen molar-refractivity contribution in [2.24, 2.45) is 0 Å². The van der Waals surface area contributed by atoms with Gasteiger partial charge in [0.1, 0.15) is 21.8 Å². The van der Waals surface area contributed by atoms with Crippen LogP contribution in [0.1, 0.15) is 33.4 Å². The lowest BCUT2D eigenvalue weighted by Crippen LogP contribution is -2.03. The Labute approximate surface area is 177 Å². The number of carbonyl (C=O) groups excluding carboxylic acids is 1. The molecule has 2 heterocycles. The highest BCUT2D eigenvalue weighted by molar-refractivity contribution is 7.17. The highest BCUT2D eigenvalue weighted by Crippen LogP contribution is 2.32. The number of esters is 1. The summed E-state index contributed by atoms with van der Waals surface area (Å²) in [5.74, 6) is -0.651. The first kappa shape index (κ1) is 19.8. The summed E-state index contributed by atoms with van der Waals surface area (Å²) in [7, 11) is 0. The van der Waals surface area contributed by atoms with Crippen molar-refractivity contribution in [1.82, 2.24) is 9.55 Å². The second-order valence-electron chi connectivity index (χ2n) is 6.79. The highest BCUT2D eigenvalue weighted by atomic mass is 32.1. The number of carbonyl (C=O) groups is 1. The number of ether oxygens (including phenoxy) is 1. The Hall–Kier alpha value is -3.50. The summed E-state index contributed by atoms with van der Waals surface area (Å²) in [4.78, 5) is 17.1. The van der Waals surface area contributed by atoms with E-state index in [0.29, 0.717) is 34.3 Å². The molecule has 0 atom stereocenters. The summed E-state index contributed by atoms with van der Waals surface area (Å²) in [6.45, 7) is 4.39. The van der Waals surface area contributed by atoms with Crippen LogP contribution in [0.25, 0.3) is 21.5 Å². The molecular weight excluding hydrogens is 401 g/mol. The molecule has 0 aliphatic rings. The maximum absolute atomic E-state index is 13.2. The van der Waals surface area contributed by atoms with Crippen molar-refractivity contribution in [3.05, 3.63) is 76.2 Å². The number of nitriles is 1. The van der Waals surface area contributed by atoms with E-state index in [2.05, 4.69) is 11.1 Å². The summed E-state index contributed by atoms with van der Waals surface area (Å²) < 4.78 is 20.2. The topological polar surface area (TPSA) is 67.9 Å². The van der Waals surface area contributed by atoms with Gasteiger partial charge in [0.25, 0.3) is 0 Å². The van der Waals surface area contributed by atoms with Gasteiger partial charge < -0.3 is 9.30 Å². The van der Waals surface area contributed by atoms with Gasteiger partial charge in [-0.2, -0.15) is 5.26 Å². The molecule has 2 aromatic carbocycles. The van der Waals surface area contributed by atoms with E-state index < -0.39 is 0 Å². The maximum atomic E-state index is 13.2. The number of thiazole rings is 1. The van der Waals surface area contributed by atoms with Crippen LogP contribution >= 0.6 is 11.3 Å². The van der Waals surface area contributed by atoms with Crippen LogP contribution in [0.5, 0.6) is 0 Å². The molecule has 7 heteroatoms. The molecule has 30 heavy (non-hydrogen) atoms. The van der Waals surface area contributed by atoms with E-state index in [-0.39, 0.29) is 11.8 Å². The van der Waals surface area contributed by atoms with Gasteiger partial charge in [-0.3, -0.25) is 0 Å². The minimum atomic E-state index is -0.372. The molecule has 5 nitrogen and oxygen atoms in total. The fourth-order valence-corrected chi connectivity index (χ4v) is 4.30. The lowest BCUT2D eigenvalue weighted by molar-refractivity contribution is 0.0531. The lowest BCUT2D eigenvalue weighted by atomic mass is 10.1. The SMILES string of the molecule is CCOC(=O)c1sc(-c2ccc3c(c2)c(C#N)cn3Cc2ccc(F)cc2)nc1C. The van der Waals surface area contributed by atoms with Crippen molar-refractivity contribution < 1.29 is 13.9 Å². The van der Waals surface area contributed by atoms with Gasteiger partial charge in [-0.1, -0.05) is 12.1 Å². The van der Waals surface area contributed by atoms with Crippen molar-refractivity contribution in [2.45, 2.75) is 20.4 Å². The Morgan fingerprint density at radius 1 is 1.27 bits per heavy atom. The van der Waals surface area contributed by atoms with Crippen LogP contribution in [-0.4, -0.2) is 22.1 Å².